The van der Waals surface area contributed by atoms with Crippen LogP contribution in [0.5, 0.6) is 0 Å². The van der Waals surface area contributed by atoms with E-state index in [1.54, 1.807) is 0 Å². The molecule has 0 aromatic heterocycles. The molecule has 2 rings (SSSR count). The Morgan fingerprint density at radius 1 is 1.35 bits per heavy atom. The molecule has 1 saturated heterocycles. The number of hydrogen-bond acceptors (Lipinski definition) is 3. The zero-order chi connectivity index (χ0) is 12.5. The molecule has 1 aliphatic rings. The van der Waals surface area contributed by atoms with E-state index in [-0.39, 0.29) is 6.10 Å². The third kappa shape index (κ3) is 2.51. The van der Waals surface area contributed by atoms with Crippen LogP contribution in [-0.4, -0.2) is 36.8 Å². The van der Waals surface area contributed by atoms with Crippen LogP contribution in [-0.2, 0) is 10.3 Å². The molecule has 1 aromatic rings. The summed E-state index contributed by atoms with van der Waals surface area (Å²) in [6.07, 6.45) is 0.118. The van der Waals surface area contributed by atoms with Gasteiger partial charge in [-0.15, -0.1) is 0 Å². The second-order valence-electron chi connectivity index (χ2n) is 4.92. The van der Waals surface area contributed by atoms with Crippen molar-refractivity contribution >= 4 is 0 Å². The lowest BCUT2D eigenvalue weighted by Crippen LogP contribution is -2.57. The van der Waals surface area contributed by atoms with Gasteiger partial charge in [-0.05, 0) is 32.0 Å². The highest BCUT2D eigenvalue weighted by molar-refractivity contribution is 5.30. The maximum absolute atomic E-state index is 10.3. The lowest BCUT2D eigenvalue weighted by molar-refractivity contribution is -0.0919. The number of rotatable bonds is 4. The number of hydrogen-bond donors (Lipinski definition) is 1. The first-order valence-electron chi connectivity index (χ1n) is 6.18. The molecule has 1 fully saturated rings. The van der Waals surface area contributed by atoms with Crippen LogP contribution in [0.4, 0.5) is 0 Å². The normalized spacial score (nSPS) is 20.9. The Morgan fingerprint density at radius 3 is 2.41 bits per heavy atom. The standard InChI is InChI=1S/C14H21NO2/c1-4-17-11(2)12-5-7-13(8-6-12)14(16)9-15(3)10-14/h5-8,11,16H,4,9-10H2,1-3H3. The van der Waals surface area contributed by atoms with Crippen LogP contribution >= 0.6 is 0 Å². The maximum atomic E-state index is 10.3. The molecule has 1 aliphatic heterocycles. The second-order valence-corrected chi connectivity index (χ2v) is 4.92. The molecule has 1 unspecified atom stereocenters. The van der Waals surface area contributed by atoms with Gasteiger partial charge in [0, 0.05) is 19.7 Å². The second kappa shape index (κ2) is 4.77. The lowest BCUT2D eigenvalue weighted by Gasteiger charge is -2.44. The van der Waals surface area contributed by atoms with Crippen molar-refractivity contribution in [2.45, 2.75) is 25.6 Å². The number of benzene rings is 1. The Hall–Kier alpha value is -0.900. The van der Waals surface area contributed by atoms with E-state index in [0.29, 0.717) is 13.1 Å². The number of likely N-dealkylation sites (N-methyl/N-ethyl adjacent to an activating group) is 1. The van der Waals surface area contributed by atoms with Crippen LogP contribution in [0.1, 0.15) is 31.1 Å². The summed E-state index contributed by atoms with van der Waals surface area (Å²) in [5, 5.41) is 10.3. The summed E-state index contributed by atoms with van der Waals surface area (Å²) < 4.78 is 5.54. The van der Waals surface area contributed by atoms with Gasteiger partial charge in [-0.25, -0.2) is 0 Å². The first kappa shape index (κ1) is 12.6. The minimum Gasteiger partial charge on any atom is -0.382 e. The van der Waals surface area contributed by atoms with Crippen molar-refractivity contribution < 1.29 is 9.84 Å². The SMILES string of the molecule is CCOC(C)c1ccc(C2(O)CN(C)C2)cc1. The highest BCUT2D eigenvalue weighted by Gasteiger charge is 2.40. The number of nitrogens with zero attached hydrogens (tertiary/aromatic N) is 1. The lowest BCUT2D eigenvalue weighted by atomic mass is 9.86. The van der Waals surface area contributed by atoms with E-state index in [1.807, 2.05) is 45.2 Å². The fourth-order valence-corrected chi connectivity index (χ4v) is 2.44. The molecule has 0 radical (unpaired) electrons. The fourth-order valence-electron chi connectivity index (χ4n) is 2.44. The Bertz CT molecular complexity index is 368. The van der Waals surface area contributed by atoms with E-state index in [1.165, 1.54) is 0 Å². The molecule has 1 N–H and O–H groups in total. The molecule has 17 heavy (non-hydrogen) atoms. The predicted molar refractivity (Wildman–Crippen MR) is 67.9 cm³/mol. The van der Waals surface area contributed by atoms with Crippen molar-refractivity contribution in [2.75, 3.05) is 26.7 Å². The predicted octanol–water partition coefficient (Wildman–Crippen LogP) is 1.92. The van der Waals surface area contributed by atoms with Gasteiger partial charge in [0.1, 0.15) is 5.60 Å². The van der Waals surface area contributed by atoms with Crippen LogP contribution in [0.2, 0.25) is 0 Å². The van der Waals surface area contributed by atoms with Gasteiger partial charge in [0.15, 0.2) is 0 Å². The molecule has 94 valence electrons. The highest BCUT2D eigenvalue weighted by Crippen LogP contribution is 2.31. The number of aliphatic hydroxyl groups is 1. The molecule has 0 aliphatic carbocycles. The summed E-state index contributed by atoms with van der Waals surface area (Å²) in [7, 11) is 2.01. The van der Waals surface area contributed by atoms with E-state index in [2.05, 4.69) is 4.90 Å². The minimum atomic E-state index is -0.651. The van der Waals surface area contributed by atoms with Gasteiger partial charge < -0.3 is 9.84 Å². The van der Waals surface area contributed by atoms with Crippen LogP contribution in [0.3, 0.4) is 0 Å². The average Bonchev–Trinajstić information content (AvgIpc) is 2.28. The van der Waals surface area contributed by atoms with Gasteiger partial charge in [-0.3, -0.25) is 4.90 Å². The third-order valence-electron chi connectivity index (χ3n) is 3.40. The molecule has 0 saturated carbocycles. The summed E-state index contributed by atoms with van der Waals surface area (Å²) >= 11 is 0. The molecule has 1 atom stereocenters. The smallest absolute Gasteiger partial charge is 0.115 e. The summed E-state index contributed by atoms with van der Waals surface area (Å²) in [6.45, 7) is 6.19. The van der Waals surface area contributed by atoms with Gasteiger partial charge in [-0.2, -0.15) is 0 Å². The van der Waals surface area contributed by atoms with Gasteiger partial charge in [0.05, 0.1) is 6.10 Å². The third-order valence-corrected chi connectivity index (χ3v) is 3.40. The number of ether oxygens (including phenoxy) is 1. The van der Waals surface area contributed by atoms with Crippen molar-refractivity contribution in [1.29, 1.82) is 0 Å². The van der Waals surface area contributed by atoms with Crippen LogP contribution in [0.25, 0.3) is 0 Å². The Labute approximate surface area is 103 Å². The topological polar surface area (TPSA) is 32.7 Å². The molecule has 1 heterocycles. The minimum absolute atomic E-state index is 0.118. The monoisotopic (exact) mass is 235 g/mol. The number of β-amino-alcohol motifs (C(OH)–C–C–N with tert-alkyl or cyclic N) is 1. The first-order valence-corrected chi connectivity index (χ1v) is 6.18. The van der Waals surface area contributed by atoms with Gasteiger partial charge in [0.2, 0.25) is 0 Å². The van der Waals surface area contributed by atoms with Gasteiger partial charge in [-0.1, -0.05) is 24.3 Å². The van der Waals surface area contributed by atoms with Crippen molar-refractivity contribution in [1.82, 2.24) is 4.90 Å². The first-order chi connectivity index (χ1) is 8.05. The van der Waals surface area contributed by atoms with Gasteiger partial charge >= 0.3 is 0 Å². The summed E-state index contributed by atoms with van der Waals surface area (Å²) in [6, 6.07) is 8.12. The highest BCUT2D eigenvalue weighted by atomic mass is 16.5. The van der Waals surface area contributed by atoms with Crippen molar-refractivity contribution in [2.24, 2.45) is 0 Å². The van der Waals surface area contributed by atoms with Gasteiger partial charge in [0.25, 0.3) is 0 Å². The zero-order valence-corrected chi connectivity index (χ0v) is 10.8. The quantitative estimate of drug-likeness (QED) is 0.865. The Balaban J connectivity index is 2.08. The Morgan fingerprint density at radius 2 is 1.94 bits per heavy atom. The van der Waals surface area contributed by atoms with E-state index < -0.39 is 5.60 Å². The summed E-state index contributed by atoms with van der Waals surface area (Å²) in [5.41, 5.74) is 1.51. The van der Waals surface area contributed by atoms with E-state index in [4.69, 9.17) is 4.74 Å². The average molecular weight is 235 g/mol. The molecule has 0 spiro atoms. The van der Waals surface area contributed by atoms with Crippen molar-refractivity contribution in [3.8, 4) is 0 Å². The molecule has 3 nitrogen and oxygen atoms in total. The number of likely N-dealkylation sites (tertiary alicyclic amines) is 1. The molecular weight excluding hydrogens is 214 g/mol. The summed E-state index contributed by atoms with van der Waals surface area (Å²) in [4.78, 5) is 2.11. The molecule has 1 aromatic carbocycles. The van der Waals surface area contributed by atoms with Crippen LogP contribution in [0, 0.1) is 0 Å². The largest absolute Gasteiger partial charge is 0.382 e. The zero-order valence-electron chi connectivity index (χ0n) is 10.8. The van der Waals surface area contributed by atoms with Crippen LogP contribution < -0.4 is 0 Å². The van der Waals surface area contributed by atoms with Crippen molar-refractivity contribution in [3.05, 3.63) is 35.4 Å². The van der Waals surface area contributed by atoms with E-state index in [0.717, 1.165) is 17.7 Å². The van der Waals surface area contributed by atoms with E-state index in [9.17, 15) is 5.11 Å². The molecule has 0 amide bonds. The molecule has 3 heteroatoms. The Kier molecular flexibility index (Phi) is 3.52. The molecular formula is C14H21NO2. The summed E-state index contributed by atoms with van der Waals surface area (Å²) in [5.74, 6) is 0. The van der Waals surface area contributed by atoms with E-state index >= 15 is 0 Å². The van der Waals surface area contributed by atoms with Crippen LogP contribution in [0.15, 0.2) is 24.3 Å². The van der Waals surface area contributed by atoms with Crippen molar-refractivity contribution in [3.63, 3.8) is 0 Å². The fraction of sp³-hybridized carbons (Fsp3) is 0.571. The molecule has 0 bridgehead atoms. The maximum Gasteiger partial charge on any atom is 0.115 e.